The molecule has 0 saturated carbocycles. The molecule has 1 heterocycles. The Hall–Kier alpha value is -1.33. The lowest BCUT2D eigenvalue weighted by atomic mass is 10.1. The number of nitrogens with zero attached hydrogens (tertiary/aromatic N) is 2. The van der Waals surface area contributed by atoms with E-state index in [1.165, 1.54) is 0 Å². The van der Waals surface area contributed by atoms with Crippen LogP contribution in [0.25, 0.3) is 0 Å². The van der Waals surface area contributed by atoms with Gasteiger partial charge >= 0.3 is 0 Å². The van der Waals surface area contributed by atoms with Crippen molar-refractivity contribution in [3.8, 4) is 11.6 Å². The molecule has 0 fully saturated rings. The van der Waals surface area contributed by atoms with Gasteiger partial charge in [0, 0.05) is 18.7 Å². The summed E-state index contributed by atoms with van der Waals surface area (Å²) in [5.41, 5.74) is 8.13. The second-order valence-electron chi connectivity index (χ2n) is 4.90. The van der Waals surface area contributed by atoms with Crippen molar-refractivity contribution in [1.29, 1.82) is 0 Å². The van der Waals surface area contributed by atoms with Crippen LogP contribution in [-0.4, -0.2) is 15.8 Å². The normalized spacial score (nSPS) is 12.4. The molecule has 0 bridgehead atoms. The third-order valence-corrected chi connectivity index (χ3v) is 3.98. The van der Waals surface area contributed by atoms with Crippen LogP contribution in [-0.2, 0) is 13.5 Å². The molecule has 0 spiro atoms. The fourth-order valence-electron chi connectivity index (χ4n) is 2.08. The summed E-state index contributed by atoms with van der Waals surface area (Å²) in [7, 11) is 1.89. The van der Waals surface area contributed by atoms with E-state index in [1.54, 1.807) is 4.68 Å². The number of benzene rings is 1. The van der Waals surface area contributed by atoms with Crippen molar-refractivity contribution in [2.24, 2.45) is 12.8 Å². The van der Waals surface area contributed by atoms with E-state index in [1.807, 2.05) is 38.2 Å². The van der Waals surface area contributed by atoms with E-state index in [0.717, 1.165) is 40.2 Å². The number of hydrogen-bond donors (Lipinski definition) is 1. The molecule has 20 heavy (non-hydrogen) atoms. The summed E-state index contributed by atoms with van der Waals surface area (Å²) < 4.78 is 8.73. The largest absolute Gasteiger partial charge is 0.438 e. The Morgan fingerprint density at radius 2 is 2.10 bits per heavy atom. The maximum atomic E-state index is 6.07. The topological polar surface area (TPSA) is 53.1 Å². The molecule has 0 saturated heterocycles. The van der Waals surface area contributed by atoms with Crippen molar-refractivity contribution in [2.45, 2.75) is 32.7 Å². The van der Waals surface area contributed by atoms with Crippen LogP contribution in [0.1, 0.15) is 24.6 Å². The highest BCUT2D eigenvalue weighted by Crippen LogP contribution is 2.32. The van der Waals surface area contributed by atoms with Gasteiger partial charge < -0.3 is 10.5 Å². The van der Waals surface area contributed by atoms with E-state index in [9.17, 15) is 0 Å². The number of aryl methyl sites for hydroxylation is 2. The van der Waals surface area contributed by atoms with Gasteiger partial charge in [0.15, 0.2) is 0 Å². The molecule has 1 atom stereocenters. The van der Waals surface area contributed by atoms with Crippen LogP contribution in [0, 0.1) is 6.92 Å². The molecule has 1 aromatic carbocycles. The van der Waals surface area contributed by atoms with Crippen molar-refractivity contribution in [3.05, 3.63) is 40.0 Å². The van der Waals surface area contributed by atoms with E-state index in [2.05, 4.69) is 28.0 Å². The van der Waals surface area contributed by atoms with Gasteiger partial charge in [-0.15, -0.1) is 0 Å². The second kappa shape index (κ2) is 6.41. The summed E-state index contributed by atoms with van der Waals surface area (Å²) in [5.74, 6) is 1.54. The zero-order chi connectivity index (χ0) is 14.7. The van der Waals surface area contributed by atoms with Gasteiger partial charge in [0.1, 0.15) is 5.75 Å². The third kappa shape index (κ3) is 3.22. The minimum atomic E-state index is 0.125. The molecule has 0 radical (unpaired) electrons. The Labute approximate surface area is 128 Å². The highest BCUT2D eigenvalue weighted by Gasteiger charge is 2.18. The summed E-state index contributed by atoms with van der Waals surface area (Å²) in [5, 5.41) is 4.45. The number of hydrogen-bond acceptors (Lipinski definition) is 3. The summed E-state index contributed by atoms with van der Waals surface area (Å²) in [6.45, 7) is 4.08. The average Bonchev–Trinajstić information content (AvgIpc) is 2.68. The highest BCUT2D eigenvalue weighted by molar-refractivity contribution is 9.10. The fraction of sp³-hybridized carbons (Fsp3) is 0.400. The molecule has 108 valence electrons. The second-order valence-corrected chi connectivity index (χ2v) is 5.75. The summed E-state index contributed by atoms with van der Waals surface area (Å²) >= 11 is 3.49. The fourth-order valence-corrected chi connectivity index (χ4v) is 2.45. The molecule has 2 N–H and O–H groups in total. The van der Waals surface area contributed by atoms with Gasteiger partial charge in [0.2, 0.25) is 5.88 Å². The standard InChI is InChI=1S/C15H20BrN3O/c1-4-11(17)9-12-10(2)18-19(3)15(12)20-14-8-6-5-7-13(14)16/h5-8,11H,4,9,17H2,1-3H3. The number of ether oxygens (including phenoxy) is 1. The van der Waals surface area contributed by atoms with Gasteiger partial charge in [-0.25, -0.2) is 4.68 Å². The zero-order valence-corrected chi connectivity index (χ0v) is 13.6. The van der Waals surface area contributed by atoms with E-state index in [0.29, 0.717) is 0 Å². The number of para-hydroxylation sites is 1. The average molecular weight is 338 g/mol. The molecule has 0 amide bonds. The number of rotatable bonds is 5. The Morgan fingerprint density at radius 3 is 2.75 bits per heavy atom. The molecule has 1 unspecified atom stereocenters. The molecule has 2 rings (SSSR count). The Bertz CT molecular complexity index is 595. The highest BCUT2D eigenvalue weighted by atomic mass is 79.9. The van der Waals surface area contributed by atoms with Gasteiger partial charge in [0.25, 0.3) is 0 Å². The quantitative estimate of drug-likeness (QED) is 0.907. The lowest BCUT2D eigenvalue weighted by Crippen LogP contribution is -2.21. The van der Waals surface area contributed by atoms with E-state index >= 15 is 0 Å². The van der Waals surface area contributed by atoms with Crippen LogP contribution in [0.2, 0.25) is 0 Å². The maximum Gasteiger partial charge on any atom is 0.221 e. The molecule has 5 heteroatoms. The van der Waals surface area contributed by atoms with Crippen LogP contribution in [0.5, 0.6) is 11.6 Å². The molecular weight excluding hydrogens is 318 g/mol. The predicted molar refractivity (Wildman–Crippen MR) is 84.1 cm³/mol. The van der Waals surface area contributed by atoms with Crippen molar-refractivity contribution in [1.82, 2.24) is 9.78 Å². The van der Waals surface area contributed by atoms with Crippen LogP contribution >= 0.6 is 15.9 Å². The smallest absolute Gasteiger partial charge is 0.221 e. The SMILES string of the molecule is CCC(N)Cc1c(C)nn(C)c1Oc1ccccc1Br. The monoisotopic (exact) mass is 337 g/mol. The van der Waals surface area contributed by atoms with Crippen molar-refractivity contribution < 1.29 is 4.74 Å². The van der Waals surface area contributed by atoms with Crippen molar-refractivity contribution in [2.75, 3.05) is 0 Å². The summed E-state index contributed by atoms with van der Waals surface area (Å²) in [4.78, 5) is 0. The Morgan fingerprint density at radius 1 is 1.40 bits per heavy atom. The first kappa shape index (κ1) is 15.1. The van der Waals surface area contributed by atoms with E-state index < -0.39 is 0 Å². The maximum absolute atomic E-state index is 6.07. The molecule has 2 aromatic rings. The van der Waals surface area contributed by atoms with E-state index in [-0.39, 0.29) is 6.04 Å². The summed E-state index contributed by atoms with van der Waals surface area (Å²) in [6, 6.07) is 7.91. The molecule has 1 aromatic heterocycles. The number of aromatic nitrogens is 2. The molecule has 0 aliphatic heterocycles. The minimum Gasteiger partial charge on any atom is -0.438 e. The van der Waals surface area contributed by atoms with Gasteiger partial charge in [0.05, 0.1) is 10.2 Å². The first-order chi connectivity index (χ1) is 9.52. The van der Waals surface area contributed by atoms with Gasteiger partial charge in [-0.1, -0.05) is 19.1 Å². The Balaban J connectivity index is 2.34. The van der Waals surface area contributed by atoms with E-state index in [4.69, 9.17) is 10.5 Å². The van der Waals surface area contributed by atoms with Crippen molar-refractivity contribution >= 4 is 15.9 Å². The minimum absolute atomic E-state index is 0.125. The first-order valence-corrected chi connectivity index (χ1v) is 7.52. The van der Waals surface area contributed by atoms with Crippen LogP contribution in [0.3, 0.4) is 0 Å². The van der Waals surface area contributed by atoms with Crippen LogP contribution in [0.4, 0.5) is 0 Å². The molecular formula is C15H20BrN3O. The molecule has 0 aliphatic carbocycles. The van der Waals surface area contributed by atoms with Crippen LogP contribution in [0.15, 0.2) is 28.7 Å². The third-order valence-electron chi connectivity index (χ3n) is 3.32. The Kier molecular flexibility index (Phi) is 4.83. The van der Waals surface area contributed by atoms with Crippen LogP contribution < -0.4 is 10.5 Å². The molecule has 0 aliphatic rings. The van der Waals surface area contributed by atoms with Gasteiger partial charge in [-0.2, -0.15) is 5.10 Å². The van der Waals surface area contributed by atoms with Crippen molar-refractivity contribution in [3.63, 3.8) is 0 Å². The summed E-state index contributed by atoms with van der Waals surface area (Å²) in [6.07, 6.45) is 1.71. The number of nitrogens with two attached hydrogens (primary N) is 1. The number of halogens is 1. The van der Waals surface area contributed by atoms with Gasteiger partial charge in [-0.05, 0) is 47.8 Å². The lowest BCUT2D eigenvalue weighted by molar-refractivity contribution is 0.421. The first-order valence-electron chi connectivity index (χ1n) is 6.73. The van der Waals surface area contributed by atoms with Gasteiger partial charge in [-0.3, -0.25) is 0 Å². The lowest BCUT2D eigenvalue weighted by Gasteiger charge is -2.12. The zero-order valence-electron chi connectivity index (χ0n) is 12.1. The predicted octanol–water partition coefficient (Wildman–Crippen LogP) is 3.56. The molecule has 4 nitrogen and oxygen atoms in total.